The van der Waals surface area contributed by atoms with Gasteiger partial charge in [0.15, 0.2) is 12.3 Å². The lowest BCUT2D eigenvalue weighted by Crippen LogP contribution is -2.08. The summed E-state index contributed by atoms with van der Waals surface area (Å²) in [5.41, 5.74) is 0.739. The van der Waals surface area contributed by atoms with Crippen molar-refractivity contribution in [2.75, 3.05) is 6.61 Å². The Kier molecular flexibility index (Phi) is 5.13. The first kappa shape index (κ1) is 17.5. The molecule has 1 amide bonds. The summed E-state index contributed by atoms with van der Waals surface area (Å²) in [6, 6.07) is 9.58. The number of carbonyl (C=O) groups is 1. The van der Waals surface area contributed by atoms with E-state index in [1.165, 1.54) is 6.07 Å². The zero-order chi connectivity index (χ0) is 18.0. The van der Waals surface area contributed by atoms with E-state index in [-0.39, 0.29) is 23.2 Å². The third kappa shape index (κ3) is 4.04. The number of aromatic hydroxyl groups is 1. The van der Waals surface area contributed by atoms with E-state index in [4.69, 9.17) is 39.5 Å². The van der Waals surface area contributed by atoms with Gasteiger partial charge in [-0.3, -0.25) is 4.79 Å². The Morgan fingerprint density at radius 3 is 2.60 bits per heavy atom. The summed E-state index contributed by atoms with van der Waals surface area (Å²) in [4.78, 5) is 14.6. The van der Waals surface area contributed by atoms with Crippen molar-refractivity contribution in [3.05, 3.63) is 51.5 Å². The fraction of sp³-hybridized carbons (Fsp3) is 0.0625. The van der Waals surface area contributed by atoms with Crippen molar-refractivity contribution in [1.82, 2.24) is 4.98 Å². The van der Waals surface area contributed by atoms with Crippen molar-refractivity contribution < 1.29 is 14.6 Å². The van der Waals surface area contributed by atoms with Gasteiger partial charge in [0.05, 0.1) is 10.5 Å². The summed E-state index contributed by atoms with van der Waals surface area (Å²) in [6.45, 7) is -0.366. The summed E-state index contributed by atoms with van der Waals surface area (Å²) in [7, 11) is 0. The number of fused-ring (bicyclic) bond motifs is 1. The van der Waals surface area contributed by atoms with Crippen LogP contribution >= 0.6 is 34.8 Å². The first-order chi connectivity index (χ1) is 11.9. The Morgan fingerprint density at radius 1 is 1.12 bits per heavy atom. The van der Waals surface area contributed by atoms with Crippen LogP contribution in [0.15, 0.2) is 46.6 Å². The highest BCUT2D eigenvalue weighted by atomic mass is 35.5. The first-order valence-electron chi connectivity index (χ1n) is 6.96. The number of H-pyrrole nitrogens is 1. The van der Waals surface area contributed by atoms with E-state index in [0.717, 1.165) is 0 Å². The summed E-state index contributed by atoms with van der Waals surface area (Å²) in [6.07, 6.45) is 0. The molecule has 3 rings (SSSR count). The van der Waals surface area contributed by atoms with Gasteiger partial charge >= 0.3 is 5.91 Å². The molecule has 0 saturated carbocycles. The fourth-order valence-corrected chi connectivity index (χ4v) is 2.74. The van der Waals surface area contributed by atoms with Crippen LogP contribution in [0.3, 0.4) is 0 Å². The van der Waals surface area contributed by atoms with E-state index >= 15 is 0 Å². The van der Waals surface area contributed by atoms with Gasteiger partial charge in [0, 0.05) is 15.4 Å². The minimum absolute atomic E-state index is 0.121. The monoisotopic (exact) mass is 397 g/mol. The minimum Gasteiger partial charge on any atom is -0.493 e. The second-order valence-electron chi connectivity index (χ2n) is 4.97. The van der Waals surface area contributed by atoms with Gasteiger partial charge in [-0.2, -0.15) is 0 Å². The van der Waals surface area contributed by atoms with Crippen molar-refractivity contribution in [3.8, 4) is 11.6 Å². The minimum atomic E-state index is -0.651. The van der Waals surface area contributed by atoms with Crippen LogP contribution in [-0.4, -0.2) is 22.6 Å². The lowest BCUT2D eigenvalue weighted by atomic mass is 10.2. The number of aromatic amines is 1. The third-order valence-corrected chi connectivity index (χ3v) is 3.99. The molecule has 9 heteroatoms. The molecule has 6 nitrogen and oxygen atoms in total. The number of azo groups is 1. The Balaban J connectivity index is 1.72. The highest BCUT2D eigenvalue weighted by Crippen LogP contribution is 2.36. The molecule has 2 N–H and O–H groups in total. The molecule has 128 valence electrons. The average Bonchev–Trinajstić information content (AvgIpc) is 2.87. The van der Waals surface area contributed by atoms with Gasteiger partial charge in [-0.15, -0.1) is 10.2 Å². The highest BCUT2D eigenvalue weighted by molar-refractivity contribution is 6.35. The van der Waals surface area contributed by atoms with Crippen LogP contribution < -0.4 is 4.74 Å². The van der Waals surface area contributed by atoms with Gasteiger partial charge in [0.2, 0.25) is 5.88 Å². The lowest BCUT2D eigenvalue weighted by molar-refractivity contribution is -0.120. The number of benzene rings is 2. The van der Waals surface area contributed by atoms with Crippen LogP contribution in [0.4, 0.5) is 5.69 Å². The van der Waals surface area contributed by atoms with E-state index < -0.39 is 5.91 Å². The zero-order valence-electron chi connectivity index (χ0n) is 12.5. The second kappa shape index (κ2) is 7.31. The number of hydrogen-bond donors (Lipinski definition) is 2. The number of rotatable bonds is 4. The maximum absolute atomic E-state index is 11.8. The number of nitrogens with zero attached hydrogens (tertiary/aromatic N) is 2. The van der Waals surface area contributed by atoms with Crippen molar-refractivity contribution in [3.63, 3.8) is 0 Å². The maximum atomic E-state index is 11.8. The molecule has 0 spiro atoms. The van der Waals surface area contributed by atoms with Crippen molar-refractivity contribution >= 4 is 57.3 Å². The predicted molar refractivity (Wildman–Crippen MR) is 96.5 cm³/mol. The number of ether oxygens (including phenoxy) is 1. The molecule has 0 saturated heterocycles. The fourth-order valence-electron chi connectivity index (χ4n) is 2.10. The first-order valence-corrected chi connectivity index (χ1v) is 8.10. The van der Waals surface area contributed by atoms with Crippen LogP contribution in [0.25, 0.3) is 10.9 Å². The quantitative estimate of drug-likeness (QED) is 0.567. The number of nitrogens with one attached hydrogen (secondary N) is 1. The summed E-state index contributed by atoms with van der Waals surface area (Å²) in [5, 5.41) is 19.0. The van der Waals surface area contributed by atoms with Gasteiger partial charge in [-0.1, -0.05) is 34.8 Å². The SMILES string of the molecule is O=C(COc1ccc(Cl)cc1Cl)N=Nc1c(O)[nH]c2ccc(Cl)cc12. The largest absolute Gasteiger partial charge is 0.493 e. The van der Waals surface area contributed by atoms with Crippen LogP contribution in [0.5, 0.6) is 11.6 Å². The predicted octanol–water partition coefficient (Wildman–Crippen LogP) is 5.52. The number of aromatic nitrogens is 1. The normalized spacial score (nSPS) is 11.3. The molecule has 0 atom stereocenters. The molecule has 0 fully saturated rings. The topological polar surface area (TPSA) is 87.0 Å². The van der Waals surface area contributed by atoms with Crippen LogP contribution in [0.1, 0.15) is 0 Å². The van der Waals surface area contributed by atoms with E-state index in [1.807, 2.05) is 0 Å². The Labute approximate surface area is 157 Å². The van der Waals surface area contributed by atoms with E-state index in [0.29, 0.717) is 26.7 Å². The molecule has 0 aliphatic heterocycles. The summed E-state index contributed by atoms with van der Waals surface area (Å²) >= 11 is 17.7. The van der Waals surface area contributed by atoms with Gasteiger partial charge < -0.3 is 14.8 Å². The standard InChI is InChI=1S/C16H10Cl3N3O3/c17-8-1-3-12-10(5-8)15(16(24)20-12)22-21-14(23)7-25-13-4-2-9(18)6-11(13)19/h1-6,20,24H,7H2. The summed E-state index contributed by atoms with van der Waals surface area (Å²) < 4.78 is 5.28. The van der Waals surface area contributed by atoms with Gasteiger partial charge in [-0.25, -0.2) is 0 Å². The molecular formula is C16H10Cl3N3O3. The Bertz CT molecular complexity index is 985. The zero-order valence-corrected chi connectivity index (χ0v) is 14.7. The molecule has 2 aromatic carbocycles. The van der Waals surface area contributed by atoms with E-state index in [9.17, 15) is 9.90 Å². The van der Waals surface area contributed by atoms with Crippen molar-refractivity contribution in [2.45, 2.75) is 0 Å². The molecule has 3 aromatic rings. The lowest BCUT2D eigenvalue weighted by Gasteiger charge is -2.05. The molecule has 0 aliphatic rings. The number of hydrogen-bond acceptors (Lipinski definition) is 4. The second-order valence-corrected chi connectivity index (χ2v) is 6.25. The van der Waals surface area contributed by atoms with E-state index in [2.05, 4.69) is 15.2 Å². The number of amides is 1. The van der Waals surface area contributed by atoms with Crippen LogP contribution in [-0.2, 0) is 4.79 Å². The smallest absolute Gasteiger partial charge is 0.302 e. The van der Waals surface area contributed by atoms with Crippen LogP contribution in [0, 0.1) is 0 Å². The molecule has 0 aliphatic carbocycles. The molecule has 0 bridgehead atoms. The van der Waals surface area contributed by atoms with Crippen molar-refractivity contribution in [2.24, 2.45) is 10.2 Å². The van der Waals surface area contributed by atoms with Gasteiger partial charge in [0.25, 0.3) is 0 Å². The van der Waals surface area contributed by atoms with Gasteiger partial charge in [0.1, 0.15) is 5.75 Å². The van der Waals surface area contributed by atoms with Crippen molar-refractivity contribution in [1.29, 1.82) is 0 Å². The third-order valence-electron chi connectivity index (χ3n) is 3.22. The highest BCUT2D eigenvalue weighted by Gasteiger charge is 2.12. The molecule has 1 heterocycles. The van der Waals surface area contributed by atoms with Gasteiger partial charge in [-0.05, 0) is 36.4 Å². The Morgan fingerprint density at radius 2 is 1.84 bits per heavy atom. The number of halogens is 3. The number of carbonyl (C=O) groups excluding carboxylic acids is 1. The Hall–Kier alpha value is -2.28. The maximum Gasteiger partial charge on any atom is 0.302 e. The average molecular weight is 399 g/mol. The van der Waals surface area contributed by atoms with E-state index in [1.54, 1.807) is 30.3 Å². The molecular weight excluding hydrogens is 389 g/mol. The molecule has 1 aromatic heterocycles. The summed E-state index contributed by atoms with van der Waals surface area (Å²) in [5.74, 6) is -0.561. The molecule has 25 heavy (non-hydrogen) atoms. The van der Waals surface area contributed by atoms with Crippen LogP contribution in [0.2, 0.25) is 15.1 Å². The molecule has 0 radical (unpaired) electrons. The molecule has 0 unspecified atom stereocenters.